The fraction of sp³-hybridized carbons (Fsp3) is 0.462. The smallest absolute Gasteiger partial charge is 0.233 e. The topological polar surface area (TPSA) is 29.1 Å². The summed E-state index contributed by atoms with van der Waals surface area (Å²) in [5.74, 6) is 0.181. The van der Waals surface area contributed by atoms with E-state index in [-0.39, 0.29) is 11.2 Å². The molecule has 1 unspecified atom stereocenters. The van der Waals surface area contributed by atoms with Crippen molar-refractivity contribution >= 4 is 17.7 Å². The Hall–Kier alpha value is -0.960. The Balaban J connectivity index is 2.02. The SMILES string of the molecule is CCCNC(=O)C1Cc2ccc(C)cc2S1. The number of carbonyl (C=O) groups excluding carboxylic acids is 1. The number of carbonyl (C=O) groups is 1. The van der Waals surface area contributed by atoms with Crippen LogP contribution in [-0.4, -0.2) is 17.7 Å². The minimum absolute atomic E-state index is 0.0725. The average Bonchev–Trinajstić information content (AvgIpc) is 2.68. The molecule has 2 nitrogen and oxygen atoms in total. The standard InChI is InChI=1S/C13H17NOS/c1-3-6-14-13(15)12-8-10-5-4-9(2)7-11(10)16-12/h4-5,7,12H,3,6,8H2,1-2H3,(H,14,15). The van der Waals surface area contributed by atoms with Crippen molar-refractivity contribution in [1.29, 1.82) is 0 Å². The fourth-order valence-electron chi connectivity index (χ4n) is 1.84. The highest BCUT2D eigenvalue weighted by Crippen LogP contribution is 2.37. The number of aryl methyl sites for hydroxylation is 1. The molecule has 0 saturated carbocycles. The van der Waals surface area contributed by atoms with Gasteiger partial charge < -0.3 is 5.32 Å². The molecule has 1 heterocycles. The molecule has 0 aromatic heterocycles. The van der Waals surface area contributed by atoms with Gasteiger partial charge in [-0.05, 0) is 31.4 Å². The van der Waals surface area contributed by atoms with Crippen LogP contribution in [-0.2, 0) is 11.2 Å². The summed E-state index contributed by atoms with van der Waals surface area (Å²) in [5.41, 5.74) is 2.58. The highest BCUT2D eigenvalue weighted by molar-refractivity contribution is 8.01. The van der Waals surface area contributed by atoms with Crippen molar-refractivity contribution in [2.75, 3.05) is 6.54 Å². The molecule has 0 fully saturated rings. The molecule has 1 aliphatic heterocycles. The summed E-state index contributed by atoms with van der Waals surface area (Å²) in [4.78, 5) is 13.1. The van der Waals surface area contributed by atoms with Gasteiger partial charge in [-0.1, -0.05) is 24.6 Å². The van der Waals surface area contributed by atoms with Crippen molar-refractivity contribution in [3.8, 4) is 0 Å². The third-order valence-electron chi connectivity index (χ3n) is 2.74. The van der Waals surface area contributed by atoms with E-state index >= 15 is 0 Å². The van der Waals surface area contributed by atoms with Crippen LogP contribution < -0.4 is 5.32 Å². The summed E-state index contributed by atoms with van der Waals surface area (Å²) in [6.07, 6.45) is 1.87. The van der Waals surface area contributed by atoms with Crippen LogP contribution in [0.3, 0.4) is 0 Å². The normalized spacial score (nSPS) is 18.2. The predicted molar refractivity (Wildman–Crippen MR) is 67.8 cm³/mol. The molecule has 0 spiro atoms. The Morgan fingerprint density at radius 3 is 3.12 bits per heavy atom. The Morgan fingerprint density at radius 2 is 2.38 bits per heavy atom. The van der Waals surface area contributed by atoms with Crippen LogP contribution in [0.25, 0.3) is 0 Å². The van der Waals surface area contributed by atoms with Gasteiger partial charge in [-0.3, -0.25) is 4.79 Å². The summed E-state index contributed by atoms with van der Waals surface area (Å²) >= 11 is 1.70. The first-order chi connectivity index (χ1) is 7.70. The fourth-order valence-corrected chi connectivity index (χ4v) is 3.16. The Morgan fingerprint density at radius 1 is 1.56 bits per heavy atom. The first-order valence-corrected chi connectivity index (χ1v) is 6.62. The second-order valence-electron chi connectivity index (χ2n) is 4.21. The van der Waals surface area contributed by atoms with Crippen LogP contribution >= 0.6 is 11.8 Å². The minimum Gasteiger partial charge on any atom is -0.355 e. The van der Waals surface area contributed by atoms with Crippen LogP contribution in [0, 0.1) is 6.92 Å². The Labute approximate surface area is 101 Å². The lowest BCUT2D eigenvalue weighted by atomic mass is 10.1. The van der Waals surface area contributed by atoms with E-state index in [4.69, 9.17) is 0 Å². The molecular formula is C13H17NOS. The van der Waals surface area contributed by atoms with Crippen molar-refractivity contribution in [2.45, 2.75) is 36.8 Å². The van der Waals surface area contributed by atoms with Crippen LogP contribution in [0.2, 0.25) is 0 Å². The minimum atomic E-state index is 0.0725. The maximum Gasteiger partial charge on any atom is 0.233 e. The molecule has 1 atom stereocenters. The molecule has 1 aromatic carbocycles. The molecule has 2 rings (SSSR count). The van der Waals surface area contributed by atoms with Crippen LogP contribution in [0.15, 0.2) is 23.1 Å². The third kappa shape index (κ3) is 2.40. The average molecular weight is 235 g/mol. The van der Waals surface area contributed by atoms with E-state index in [0.29, 0.717) is 0 Å². The monoisotopic (exact) mass is 235 g/mol. The van der Waals surface area contributed by atoms with Gasteiger partial charge in [-0.25, -0.2) is 0 Å². The first kappa shape index (κ1) is 11.5. The number of rotatable bonds is 3. The van der Waals surface area contributed by atoms with Crippen molar-refractivity contribution in [3.05, 3.63) is 29.3 Å². The summed E-state index contributed by atoms with van der Waals surface area (Å²) in [6.45, 7) is 4.94. The van der Waals surface area contributed by atoms with Crippen molar-refractivity contribution in [1.82, 2.24) is 5.32 Å². The van der Waals surface area contributed by atoms with Gasteiger partial charge in [-0.15, -0.1) is 11.8 Å². The zero-order chi connectivity index (χ0) is 11.5. The van der Waals surface area contributed by atoms with Gasteiger partial charge in [0.25, 0.3) is 0 Å². The zero-order valence-corrected chi connectivity index (χ0v) is 10.6. The second kappa shape index (κ2) is 4.91. The number of fused-ring (bicyclic) bond motifs is 1. The van der Waals surface area contributed by atoms with E-state index in [1.54, 1.807) is 11.8 Å². The Kier molecular flexibility index (Phi) is 3.54. The van der Waals surface area contributed by atoms with Crippen molar-refractivity contribution < 1.29 is 4.79 Å². The molecule has 1 aliphatic rings. The van der Waals surface area contributed by atoms with E-state index in [1.165, 1.54) is 16.0 Å². The van der Waals surface area contributed by atoms with Crippen molar-refractivity contribution in [2.24, 2.45) is 0 Å². The lowest BCUT2D eigenvalue weighted by Crippen LogP contribution is -2.32. The highest BCUT2D eigenvalue weighted by Gasteiger charge is 2.27. The van der Waals surface area contributed by atoms with Gasteiger partial charge in [-0.2, -0.15) is 0 Å². The highest BCUT2D eigenvalue weighted by atomic mass is 32.2. The second-order valence-corrected chi connectivity index (χ2v) is 5.46. The zero-order valence-electron chi connectivity index (χ0n) is 9.75. The van der Waals surface area contributed by atoms with Gasteiger partial charge in [0.2, 0.25) is 5.91 Å². The number of hydrogen-bond donors (Lipinski definition) is 1. The number of nitrogens with one attached hydrogen (secondary N) is 1. The molecule has 1 aromatic rings. The van der Waals surface area contributed by atoms with Crippen LogP contribution in [0.1, 0.15) is 24.5 Å². The Bertz CT molecular complexity index is 403. The molecule has 1 amide bonds. The first-order valence-electron chi connectivity index (χ1n) is 5.74. The van der Waals surface area contributed by atoms with E-state index in [9.17, 15) is 4.79 Å². The summed E-state index contributed by atoms with van der Waals surface area (Å²) in [6, 6.07) is 6.43. The largest absolute Gasteiger partial charge is 0.355 e. The van der Waals surface area contributed by atoms with E-state index in [2.05, 4.69) is 37.4 Å². The molecule has 0 saturated heterocycles. The van der Waals surface area contributed by atoms with Crippen molar-refractivity contribution in [3.63, 3.8) is 0 Å². The lowest BCUT2D eigenvalue weighted by molar-refractivity contribution is -0.120. The van der Waals surface area contributed by atoms with E-state index in [0.717, 1.165) is 19.4 Å². The maximum atomic E-state index is 11.8. The molecule has 0 radical (unpaired) electrons. The van der Waals surface area contributed by atoms with Gasteiger partial charge in [0.1, 0.15) is 0 Å². The molecule has 1 N–H and O–H groups in total. The van der Waals surface area contributed by atoms with E-state index < -0.39 is 0 Å². The van der Waals surface area contributed by atoms with Crippen LogP contribution in [0.5, 0.6) is 0 Å². The number of benzene rings is 1. The van der Waals surface area contributed by atoms with E-state index in [1.807, 2.05) is 0 Å². The molecule has 0 aliphatic carbocycles. The summed E-state index contributed by atoms with van der Waals surface area (Å²) in [7, 11) is 0. The number of amides is 1. The molecule has 86 valence electrons. The number of thioether (sulfide) groups is 1. The third-order valence-corrected chi connectivity index (χ3v) is 4.04. The summed E-state index contributed by atoms with van der Waals surface area (Å²) < 4.78 is 0. The van der Waals surface area contributed by atoms with Gasteiger partial charge >= 0.3 is 0 Å². The van der Waals surface area contributed by atoms with Crippen LogP contribution in [0.4, 0.5) is 0 Å². The lowest BCUT2D eigenvalue weighted by Gasteiger charge is -2.08. The van der Waals surface area contributed by atoms with Gasteiger partial charge in [0, 0.05) is 11.4 Å². The van der Waals surface area contributed by atoms with Gasteiger partial charge in [0.15, 0.2) is 0 Å². The molecule has 0 bridgehead atoms. The molecular weight excluding hydrogens is 218 g/mol. The number of hydrogen-bond acceptors (Lipinski definition) is 2. The molecule has 16 heavy (non-hydrogen) atoms. The summed E-state index contributed by atoms with van der Waals surface area (Å²) in [5, 5.41) is 3.04. The predicted octanol–water partition coefficient (Wildman–Crippen LogP) is 2.54. The maximum absolute atomic E-state index is 11.8. The van der Waals surface area contributed by atoms with Gasteiger partial charge in [0.05, 0.1) is 5.25 Å². The quantitative estimate of drug-likeness (QED) is 0.872. The molecule has 3 heteroatoms.